The molecule has 0 aliphatic rings. The van der Waals surface area contributed by atoms with Gasteiger partial charge in [-0.15, -0.1) is 0 Å². The van der Waals surface area contributed by atoms with Crippen molar-refractivity contribution in [1.29, 1.82) is 0 Å². The second-order valence-electron chi connectivity index (χ2n) is 18.0. The third kappa shape index (κ3) is 77.4. The summed E-state index contributed by atoms with van der Waals surface area (Å²) in [6, 6.07) is 0. The molecule has 8 nitrogen and oxygen atoms in total. The van der Waals surface area contributed by atoms with Crippen molar-refractivity contribution in [3.8, 4) is 0 Å². The van der Waals surface area contributed by atoms with Crippen molar-refractivity contribution < 1.29 is 60.7 Å². The number of hydrogen-bond acceptors (Lipinski definition) is 8. The van der Waals surface area contributed by atoms with Gasteiger partial charge >= 0.3 is 21.1 Å². The maximum atomic E-state index is 10.0. The van der Waals surface area contributed by atoms with Gasteiger partial charge in [0.15, 0.2) is 0 Å². The van der Waals surface area contributed by atoms with Crippen LogP contribution in [0.5, 0.6) is 0 Å². The van der Waals surface area contributed by atoms with Gasteiger partial charge in [-0.1, -0.05) is 134 Å². The van der Waals surface area contributed by atoms with E-state index in [2.05, 4.69) is 83.1 Å². The minimum Gasteiger partial charge on any atom is -0.550 e. The second kappa shape index (κ2) is 32.5. The molecule has 0 radical (unpaired) electrons. The Kier molecular flexibility index (Phi) is 37.7. The van der Waals surface area contributed by atoms with E-state index in [4.69, 9.17) is 0 Å². The molecule has 294 valence electrons. The standard InChI is InChI=1S/4C10H20O2.Pt/c4*1-10(2,3)8-6-4-5-7-9(11)12;/h4*4-8H2,1-3H3,(H,11,12);/q;;;;+4/p-4. The molecular weight excluding hydrogens is 804 g/mol. The maximum Gasteiger partial charge on any atom is 4.00 e. The normalized spacial score (nSPS) is 11.3. The Labute approximate surface area is 316 Å². The molecule has 0 aliphatic heterocycles. The molecule has 9 heteroatoms. The first-order valence-corrected chi connectivity index (χ1v) is 18.5. The number of rotatable bonds is 20. The molecule has 0 spiro atoms. The average Bonchev–Trinajstić information content (AvgIpc) is 2.85. The van der Waals surface area contributed by atoms with Crippen LogP contribution in [0.3, 0.4) is 0 Å². The SMILES string of the molecule is CC(C)(C)CCCCCC(=O)[O-].CC(C)(C)CCCCCC(=O)[O-].CC(C)(C)CCCCCC(=O)[O-].CC(C)(C)CCCCCC(=O)[O-].[Pt+4]. The van der Waals surface area contributed by atoms with Crippen LogP contribution >= 0.6 is 0 Å². The van der Waals surface area contributed by atoms with E-state index in [9.17, 15) is 39.6 Å². The first-order chi connectivity index (χ1) is 21.7. The van der Waals surface area contributed by atoms with Gasteiger partial charge in [0, 0.05) is 23.9 Å². The van der Waals surface area contributed by atoms with E-state index < -0.39 is 23.9 Å². The van der Waals surface area contributed by atoms with Crippen molar-refractivity contribution in [2.45, 2.75) is 212 Å². The van der Waals surface area contributed by atoms with Crippen LogP contribution in [-0.2, 0) is 40.2 Å². The van der Waals surface area contributed by atoms with Crippen LogP contribution in [0.1, 0.15) is 212 Å². The third-order valence-corrected chi connectivity index (χ3v) is 7.23. The molecule has 49 heavy (non-hydrogen) atoms. The van der Waals surface area contributed by atoms with Crippen LogP contribution in [0.4, 0.5) is 0 Å². The number of carboxylic acids is 4. The fourth-order valence-corrected chi connectivity index (χ4v) is 4.41. The first kappa shape index (κ1) is 56.9. The molecule has 0 aromatic heterocycles. The zero-order chi connectivity index (χ0) is 38.5. The molecule has 0 unspecified atom stereocenters. The summed E-state index contributed by atoms with van der Waals surface area (Å²) >= 11 is 0. The minimum absolute atomic E-state index is 0. The second-order valence-corrected chi connectivity index (χ2v) is 18.0. The van der Waals surface area contributed by atoms with Gasteiger partial charge in [0.1, 0.15) is 0 Å². The molecule has 0 fully saturated rings. The number of unbranched alkanes of at least 4 members (excludes halogenated alkanes) is 8. The van der Waals surface area contributed by atoms with Gasteiger partial charge < -0.3 is 39.6 Å². The molecular formula is C40H76O8Pt. The Morgan fingerprint density at radius 2 is 0.449 bits per heavy atom. The molecule has 0 aromatic rings. The number of carbonyl (C=O) groups excluding carboxylic acids is 4. The summed E-state index contributed by atoms with van der Waals surface area (Å²) in [5.74, 6) is -3.70. The van der Waals surface area contributed by atoms with E-state index >= 15 is 0 Å². The number of hydrogen-bond donors (Lipinski definition) is 0. The van der Waals surface area contributed by atoms with Crippen molar-refractivity contribution in [1.82, 2.24) is 0 Å². The summed E-state index contributed by atoms with van der Waals surface area (Å²) < 4.78 is 0. The van der Waals surface area contributed by atoms with Crippen molar-refractivity contribution in [2.75, 3.05) is 0 Å². The predicted octanol–water partition coefficient (Wildman–Crippen LogP) is 6.93. The van der Waals surface area contributed by atoms with Crippen molar-refractivity contribution in [3.63, 3.8) is 0 Å². The summed E-state index contributed by atoms with van der Waals surface area (Å²) in [5.41, 5.74) is 1.51. The summed E-state index contributed by atoms with van der Waals surface area (Å²) in [6.07, 6.45) is 17.1. The predicted molar refractivity (Wildman–Crippen MR) is 190 cm³/mol. The molecule has 0 N–H and O–H groups in total. The largest absolute Gasteiger partial charge is 4.00 e. The van der Waals surface area contributed by atoms with E-state index in [1.54, 1.807) is 0 Å². The topological polar surface area (TPSA) is 161 Å². The van der Waals surface area contributed by atoms with E-state index in [0.717, 1.165) is 77.0 Å². The monoisotopic (exact) mass is 880 g/mol. The smallest absolute Gasteiger partial charge is 0.550 e. The molecule has 0 saturated heterocycles. The van der Waals surface area contributed by atoms with Gasteiger partial charge in [0.2, 0.25) is 0 Å². The summed E-state index contributed by atoms with van der Waals surface area (Å²) in [6.45, 7) is 26.4. The number of carboxylic acid groups (broad SMARTS) is 4. The molecule has 0 aliphatic carbocycles. The quantitative estimate of drug-likeness (QED) is 0.119. The zero-order valence-corrected chi connectivity index (χ0v) is 36.0. The van der Waals surface area contributed by atoms with Crippen molar-refractivity contribution >= 4 is 23.9 Å². The zero-order valence-electron chi connectivity index (χ0n) is 33.7. The fourth-order valence-electron chi connectivity index (χ4n) is 4.41. The maximum absolute atomic E-state index is 10.0. The van der Waals surface area contributed by atoms with Crippen LogP contribution in [0.25, 0.3) is 0 Å². The van der Waals surface area contributed by atoms with Gasteiger partial charge in [0.25, 0.3) is 0 Å². The summed E-state index contributed by atoms with van der Waals surface area (Å²) in [7, 11) is 0. The molecule has 0 heterocycles. The Balaban J connectivity index is -0.000000174. The van der Waals surface area contributed by atoms with Gasteiger partial charge in [-0.05, 0) is 98.7 Å². The van der Waals surface area contributed by atoms with E-state index in [-0.39, 0.29) is 46.7 Å². The van der Waals surface area contributed by atoms with Crippen molar-refractivity contribution in [3.05, 3.63) is 0 Å². The van der Waals surface area contributed by atoms with Crippen molar-refractivity contribution in [2.24, 2.45) is 21.7 Å². The molecule has 0 saturated carbocycles. The molecule has 0 atom stereocenters. The fraction of sp³-hybridized carbons (Fsp3) is 0.900. The number of aliphatic carboxylic acids is 4. The van der Waals surface area contributed by atoms with Gasteiger partial charge in [0.05, 0.1) is 0 Å². The van der Waals surface area contributed by atoms with Crippen LogP contribution in [0.15, 0.2) is 0 Å². The van der Waals surface area contributed by atoms with E-state index in [1.807, 2.05) is 0 Å². The van der Waals surface area contributed by atoms with Crippen LogP contribution < -0.4 is 20.4 Å². The minimum atomic E-state index is -0.925. The number of carbonyl (C=O) groups is 4. The molecule has 0 amide bonds. The van der Waals surface area contributed by atoms with Gasteiger partial charge in [-0.25, -0.2) is 0 Å². The first-order valence-electron chi connectivity index (χ1n) is 18.5. The summed E-state index contributed by atoms with van der Waals surface area (Å²) in [4.78, 5) is 40.2. The third-order valence-electron chi connectivity index (χ3n) is 7.23. The van der Waals surface area contributed by atoms with Crippen LogP contribution in [0.2, 0.25) is 0 Å². The van der Waals surface area contributed by atoms with Crippen LogP contribution in [-0.4, -0.2) is 23.9 Å². The Morgan fingerprint density at radius 1 is 0.306 bits per heavy atom. The summed E-state index contributed by atoms with van der Waals surface area (Å²) in [5, 5.41) is 40.2. The van der Waals surface area contributed by atoms with E-state index in [1.165, 1.54) is 25.7 Å². The Morgan fingerprint density at radius 3 is 0.551 bits per heavy atom. The molecule has 0 aromatic carbocycles. The molecule has 0 bridgehead atoms. The Hall–Kier alpha value is -1.43. The molecule has 0 rings (SSSR count). The van der Waals surface area contributed by atoms with Gasteiger partial charge in [-0.3, -0.25) is 0 Å². The van der Waals surface area contributed by atoms with Gasteiger partial charge in [-0.2, -0.15) is 0 Å². The Bertz CT molecular complexity index is 676. The van der Waals surface area contributed by atoms with Crippen LogP contribution in [0, 0.1) is 21.7 Å². The van der Waals surface area contributed by atoms with E-state index in [0.29, 0.717) is 21.7 Å². The average molecular weight is 880 g/mol.